The van der Waals surface area contributed by atoms with Crippen molar-refractivity contribution in [2.45, 2.75) is 31.8 Å². The van der Waals surface area contributed by atoms with Crippen LogP contribution in [0.2, 0.25) is 0 Å². The van der Waals surface area contributed by atoms with Crippen molar-refractivity contribution in [3.05, 3.63) is 29.8 Å². The van der Waals surface area contributed by atoms with E-state index in [9.17, 15) is 4.79 Å². The van der Waals surface area contributed by atoms with Crippen LogP contribution in [0.4, 0.5) is 0 Å². The minimum absolute atomic E-state index is 0.00487. The summed E-state index contributed by atoms with van der Waals surface area (Å²) in [6.45, 7) is 1.85. The van der Waals surface area contributed by atoms with Crippen molar-refractivity contribution in [3.8, 4) is 5.75 Å². The maximum atomic E-state index is 12.6. The fraction of sp³-hybridized carbons (Fsp3) is 0.533. The highest BCUT2D eigenvalue weighted by atomic mass is 16.5. The number of fused-ring (bicyclic) bond motifs is 1. The maximum absolute atomic E-state index is 12.6. The van der Waals surface area contributed by atoms with Gasteiger partial charge >= 0.3 is 0 Å². The SMILES string of the molecule is N[C@H]1CCC[C@@H]1C(=O)N1CCOc2ccccc2C1. The van der Waals surface area contributed by atoms with Gasteiger partial charge in [0.2, 0.25) is 5.91 Å². The number of hydrogen-bond donors (Lipinski definition) is 1. The van der Waals surface area contributed by atoms with Gasteiger partial charge in [-0.25, -0.2) is 0 Å². The molecule has 2 N–H and O–H groups in total. The molecule has 1 heterocycles. The highest BCUT2D eigenvalue weighted by Gasteiger charge is 2.34. The molecule has 1 aromatic carbocycles. The van der Waals surface area contributed by atoms with Crippen molar-refractivity contribution in [1.82, 2.24) is 4.90 Å². The first-order valence-electron chi connectivity index (χ1n) is 7.01. The number of hydrogen-bond acceptors (Lipinski definition) is 3. The van der Waals surface area contributed by atoms with E-state index in [1.54, 1.807) is 0 Å². The lowest BCUT2D eigenvalue weighted by molar-refractivity contribution is -0.136. The fourth-order valence-corrected chi connectivity index (χ4v) is 3.04. The minimum atomic E-state index is 0.00487. The Morgan fingerprint density at radius 1 is 1.32 bits per heavy atom. The van der Waals surface area contributed by atoms with Gasteiger partial charge in [-0.3, -0.25) is 4.79 Å². The third-order valence-electron chi connectivity index (χ3n) is 4.15. The Balaban J connectivity index is 1.77. The molecule has 102 valence electrons. The van der Waals surface area contributed by atoms with Crippen molar-refractivity contribution >= 4 is 5.91 Å². The molecule has 1 aromatic rings. The van der Waals surface area contributed by atoms with E-state index in [0.717, 1.165) is 30.6 Å². The third kappa shape index (κ3) is 2.45. The van der Waals surface area contributed by atoms with Crippen molar-refractivity contribution in [2.75, 3.05) is 13.2 Å². The smallest absolute Gasteiger partial charge is 0.227 e. The number of ether oxygens (including phenoxy) is 1. The average molecular weight is 260 g/mol. The maximum Gasteiger partial charge on any atom is 0.227 e. The number of benzene rings is 1. The normalized spacial score (nSPS) is 26.5. The van der Waals surface area contributed by atoms with Crippen LogP contribution in [-0.4, -0.2) is 30.0 Å². The summed E-state index contributed by atoms with van der Waals surface area (Å²) in [5.41, 5.74) is 7.12. The van der Waals surface area contributed by atoms with E-state index in [1.165, 1.54) is 0 Å². The Hall–Kier alpha value is -1.55. The Labute approximate surface area is 113 Å². The highest BCUT2D eigenvalue weighted by Crippen LogP contribution is 2.28. The number of rotatable bonds is 1. The molecule has 0 saturated heterocycles. The summed E-state index contributed by atoms with van der Waals surface area (Å²) in [5.74, 6) is 1.10. The topological polar surface area (TPSA) is 55.6 Å². The van der Waals surface area contributed by atoms with Gasteiger partial charge in [0.25, 0.3) is 0 Å². The molecule has 2 aliphatic rings. The second kappa shape index (κ2) is 5.21. The second-order valence-corrected chi connectivity index (χ2v) is 5.42. The first-order valence-corrected chi connectivity index (χ1v) is 7.01. The lowest BCUT2D eigenvalue weighted by atomic mass is 10.0. The molecule has 1 saturated carbocycles. The third-order valence-corrected chi connectivity index (χ3v) is 4.15. The number of carbonyl (C=O) groups excluding carboxylic acids is 1. The molecule has 19 heavy (non-hydrogen) atoms. The molecule has 2 atom stereocenters. The Morgan fingerprint density at radius 2 is 2.16 bits per heavy atom. The highest BCUT2D eigenvalue weighted by molar-refractivity contribution is 5.80. The van der Waals surface area contributed by atoms with Crippen LogP contribution in [0.15, 0.2) is 24.3 Å². The number of amides is 1. The van der Waals surface area contributed by atoms with E-state index in [0.29, 0.717) is 19.7 Å². The molecule has 1 fully saturated rings. The summed E-state index contributed by atoms with van der Waals surface area (Å²) in [5, 5.41) is 0. The van der Waals surface area contributed by atoms with Gasteiger partial charge in [-0.2, -0.15) is 0 Å². The van der Waals surface area contributed by atoms with E-state index in [1.807, 2.05) is 29.2 Å². The van der Waals surface area contributed by atoms with Crippen LogP contribution in [-0.2, 0) is 11.3 Å². The van der Waals surface area contributed by atoms with Gasteiger partial charge in [0.15, 0.2) is 0 Å². The van der Waals surface area contributed by atoms with Crippen LogP contribution >= 0.6 is 0 Å². The standard InChI is InChI=1S/C15H20N2O2/c16-13-6-3-5-12(13)15(18)17-8-9-19-14-7-2-1-4-11(14)10-17/h1-2,4,7,12-13H,3,5-6,8-10,16H2/t12-,13-/m0/s1. The van der Waals surface area contributed by atoms with Crippen molar-refractivity contribution in [1.29, 1.82) is 0 Å². The quantitative estimate of drug-likeness (QED) is 0.833. The summed E-state index contributed by atoms with van der Waals surface area (Å²) in [6, 6.07) is 7.97. The second-order valence-electron chi connectivity index (χ2n) is 5.42. The molecule has 0 spiro atoms. The van der Waals surface area contributed by atoms with Crippen LogP contribution in [0.5, 0.6) is 5.75 Å². The first kappa shape index (κ1) is 12.5. The van der Waals surface area contributed by atoms with E-state index in [-0.39, 0.29) is 17.9 Å². The Bertz CT molecular complexity index is 475. The Kier molecular flexibility index (Phi) is 3.42. The zero-order valence-corrected chi connectivity index (χ0v) is 11.0. The van der Waals surface area contributed by atoms with Crippen molar-refractivity contribution < 1.29 is 9.53 Å². The predicted octanol–water partition coefficient (Wildman–Crippen LogP) is 1.53. The summed E-state index contributed by atoms with van der Waals surface area (Å²) < 4.78 is 5.69. The summed E-state index contributed by atoms with van der Waals surface area (Å²) >= 11 is 0. The van der Waals surface area contributed by atoms with Crippen LogP contribution < -0.4 is 10.5 Å². The van der Waals surface area contributed by atoms with Gasteiger partial charge in [-0.05, 0) is 18.9 Å². The van der Waals surface area contributed by atoms with Crippen molar-refractivity contribution in [2.24, 2.45) is 11.7 Å². The zero-order chi connectivity index (χ0) is 13.2. The lowest BCUT2D eigenvalue weighted by Gasteiger charge is -2.25. The van der Waals surface area contributed by atoms with Crippen LogP contribution in [0.3, 0.4) is 0 Å². The Morgan fingerprint density at radius 3 is 2.95 bits per heavy atom. The van der Waals surface area contributed by atoms with Gasteiger partial charge in [0, 0.05) is 18.2 Å². The number of carbonyl (C=O) groups is 1. The van der Waals surface area contributed by atoms with Gasteiger partial charge < -0.3 is 15.4 Å². The van der Waals surface area contributed by atoms with Crippen molar-refractivity contribution in [3.63, 3.8) is 0 Å². The first-order chi connectivity index (χ1) is 9.25. The van der Waals surface area contributed by atoms with Crippen LogP contribution in [0.1, 0.15) is 24.8 Å². The summed E-state index contributed by atoms with van der Waals surface area (Å²) in [7, 11) is 0. The minimum Gasteiger partial charge on any atom is -0.491 e. The zero-order valence-electron chi connectivity index (χ0n) is 11.0. The average Bonchev–Trinajstić information content (AvgIpc) is 2.73. The number of nitrogens with two attached hydrogens (primary N) is 1. The molecular weight excluding hydrogens is 240 g/mol. The van der Waals surface area contributed by atoms with E-state index in [2.05, 4.69) is 0 Å². The lowest BCUT2D eigenvalue weighted by Crippen LogP contribution is -2.42. The van der Waals surface area contributed by atoms with Gasteiger partial charge in [0.05, 0.1) is 12.5 Å². The van der Waals surface area contributed by atoms with Gasteiger partial charge in [-0.1, -0.05) is 24.6 Å². The molecule has 0 bridgehead atoms. The molecule has 3 rings (SSSR count). The number of para-hydroxylation sites is 1. The summed E-state index contributed by atoms with van der Waals surface area (Å²) in [4.78, 5) is 14.5. The fourth-order valence-electron chi connectivity index (χ4n) is 3.04. The molecule has 1 aliphatic carbocycles. The molecular formula is C15H20N2O2. The summed E-state index contributed by atoms with van der Waals surface area (Å²) in [6.07, 6.45) is 2.97. The van der Waals surface area contributed by atoms with Crippen LogP contribution in [0, 0.1) is 5.92 Å². The van der Waals surface area contributed by atoms with Gasteiger partial charge in [-0.15, -0.1) is 0 Å². The van der Waals surface area contributed by atoms with E-state index < -0.39 is 0 Å². The largest absolute Gasteiger partial charge is 0.491 e. The molecule has 0 radical (unpaired) electrons. The predicted molar refractivity (Wildman–Crippen MR) is 72.7 cm³/mol. The van der Waals surface area contributed by atoms with Gasteiger partial charge in [0.1, 0.15) is 12.4 Å². The van der Waals surface area contributed by atoms with E-state index in [4.69, 9.17) is 10.5 Å². The monoisotopic (exact) mass is 260 g/mol. The molecule has 1 aliphatic heterocycles. The number of nitrogens with zero attached hydrogens (tertiary/aromatic N) is 1. The molecule has 0 unspecified atom stereocenters. The molecule has 0 aromatic heterocycles. The van der Waals surface area contributed by atoms with E-state index >= 15 is 0 Å². The molecule has 4 heteroatoms. The molecule has 1 amide bonds. The van der Waals surface area contributed by atoms with Crippen LogP contribution in [0.25, 0.3) is 0 Å². The molecule has 4 nitrogen and oxygen atoms in total.